The van der Waals surface area contributed by atoms with Gasteiger partial charge in [-0.3, -0.25) is 9.10 Å². The molecule has 6 nitrogen and oxygen atoms in total. The Hall–Kier alpha value is -3.17. The lowest BCUT2D eigenvalue weighted by atomic mass is 10.0. The molecule has 2 N–H and O–H groups in total. The van der Waals surface area contributed by atoms with Gasteiger partial charge in [-0.1, -0.05) is 23.7 Å². The number of halogens is 3. The Morgan fingerprint density at radius 3 is 2.24 bits per heavy atom. The lowest BCUT2D eigenvalue weighted by Crippen LogP contribution is -2.39. The molecule has 3 rings (SSSR count). The largest absolute Gasteiger partial charge is 0.378 e. The molecule has 33 heavy (non-hydrogen) atoms. The third kappa shape index (κ3) is 5.43. The molecule has 0 unspecified atom stereocenters. The number of anilines is 2. The number of benzene rings is 3. The van der Waals surface area contributed by atoms with Gasteiger partial charge in [0.15, 0.2) is 0 Å². The fraction of sp³-hybridized carbons (Fsp3) is 0.174. The SMILES string of the molecule is CN(C)c1cccc(S(=O)(=O)N(CC(N)=O)c2ccc(Cl)cc2Cc2c(F)cccc2F)c1. The minimum Gasteiger partial charge on any atom is -0.378 e. The van der Waals surface area contributed by atoms with Gasteiger partial charge in [-0.15, -0.1) is 0 Å². The van der Waals surface area contributed by atoms with E-state index in [0.29, 0.717) is 5.69 Å². The van der Waals surface area contributed by atoms with Crippen molar-refractivity contribution < 1.29 is 22.0 Å². The molecule has 0 saturated heterocycles. The van der Waals surface area contributed by atoms with Crippen LogP contribution >= 0.6 is 11.6 Å². The van der Waals surface area contributed by atoms with Crippen LogP contribution in [0.5, 0.6) is 0 Å². The monoisotopic (exact) mass is 493 g/mol. The zero-order chi connectivity index (χ0) is 24.3. The Kier molecular flexibility index (Phi) is 7.24. The summed E-state index contributed by atoms with van der Waals surface area (Å²) in [6.45, 7) is -0.678. The summed E-state index contributed by atoms with van der Waals surface area (Å²) in [6, 6.07) is 13.8. The number of carbonyl (C=O) groups is 1. The number of amides is 1. The maximum atomic E-state index is 14.3. The molecule has 0 aliphatic heterocycles. The molecule has 0 aliphatic rings. The molecule has 0 heterocycles. The third-order valence-electron chi connectivity index (χ3n) is 4.96. The van der Waals surface area contributed by atoms with Gasteiger partial charge in [0.2, 0.25) is 5.91 Å². The Bertz CT molecular complexity index is 1280. The van der Waals surface area contributed by atoms with E-state index in [-0.39, 0.29) is 33.2 Å². The van der Waals surface area contributed by atoms with Crippen molar-refractivity contribution in [1.29, 1.82) is 0 Å². The number of nitrogens with two attached hydrogens (primary N) is 1. The van der Waals surface area contributed by atoms with Crippen molar-refractivity contribution in [3.63, 3.8) is 0 Å². The summed E-state index contributed by atoms with van der Waals surface area (Å²) in [4.78, 5) is 13.5. The van der Waals surface area contributed by atoms with Gasteiger partial charge < -0.3 is 10.6 Å². The highest BCUT2D eigenvalue weighted by molar-refractivity contribution is 7.92. The molecule has 174 valence electrons. The van der Waals surface area contributed by atoms with Crippen molar-refractivity contribution in [3.8, 4) is 0 Å². The summed E-state index contributed by atoms with van der Waals surface area (Å²) < 4.78 is 56.6. The zero-order valence-corrected chi connectivity index (χ0v) is 19.5. The van der Waals surface area contributed by atoms with Crippen molar-refractivity contribution in [1.82, 2.24) is 0 Å². The number of sulfonamides is 1. The van der Waals surface area contributed by atoms with E-state index in [1.165, 1.54) is 36.4 Å². The molecule has 0 fully saturated rings. The summed E-state index contributed by atoms with van der Waals surface area (Å²) in [5.74, 6) is -2.48. The Balaban J connectivity index is 2.18. The molecule has 0 saturated carbocycles. The van der Waals surface area contributed by atoms with Gasteiger partial charge in [0.05, 0.1) is 10.6 Å². The second kappa shape index (κ2) is 9.76. The first-order chi connectivity index (χ1) is 15.5. The molecule has 0 bridgehead atoms. The maximum absolute atomic E-state index is 14.3. The molecule has 1 amide bonds. The number of rotatable bonds is 8. The topological polar surface area (TPSA) is 83.7 Å². The van der Waals surface area contributed by atoms with E-state index in [2.05, 4.69) is 0 Å². The van der Waals surface area contributed by atoms with Crippen LogP contribution in [0.2, 0.25) is 5.02 Å². The molecule has 0 atom stereocenters. The van der Waals surface area contributed by atoms with Crippen molar-refractivity contribution in [3.05, 3.63) is 88.4 Å². The van der Waals surface area contributed by atoms with Crippen LogP contribution in [0.1, 0.15) is 11.1 Å². The third-order valence-corrected chi connectivity index (χ3v) is 6.95. The molecule has 10 heteroatoms. The standard InChI is InChI=1S/C23H22ClF2N3O3S/c1-28(2)17-5-3-6-18(13-17)33(31,32)29(14-23(27)30)22-10-9-16(24)11-15(22)12-19-20(25)7-4-8-21(19)26/h3-11,13H,12,14H2,1-2H3,(H2,27,30). The number of carbonyl (C=O) groups excluding carboxylic acids is 1. The minimum atomic E-state index is -4.28. The predicted molar refractivity (Wildman–Crippen MR) is 125 cm³/mol. The average molecular weight is 494 g/mol. The van der Waals surface area contributed by atoms with Gasteiger partial charge in [-0.2, -0.15) is 0 Å². The van der Waals surface area contributed by atoms with Gasteiger partial charge >= 0.3 is 0 Å². The molecule has 3 aromatic carbocycles. The first-order valence-corrected chi connectivity index (χ1v) is 11.6. The van der Waals surface area contributed by atoms with E-state index in [0.717, 1.165) is 16.4 Å². The van der Waals surface area contributed by atoms with E-state index < -0.39 is 34.1 Å². The number of hydrogen-bond acceptors (Lipinski definition) is 4. The summed E-state index contributed by atoms with van der Waals surface area (Å²) in [5, 5.41) is 0.233. The number of nitrogens with zero attached hydrogens (tertiary/aromatic N) is 2. The molecule has 3 aromatic rings. The first-order valence-electron chi connectivity index (χ1n) is 9.80. The van der Waals surface area contributed by atoms with Crippen LogP contribution in [0, 0.1) is 11.6 Å². The highest BCUT2D eigenvalue weighted by atomic mass is 35.5. The predicted octanol–water partition coefficient (Wildman–Crippen LogP) is 3.96. The molecule has 0 aromatic heterocycles. The van der Waals surface area contributed by atoms with Crippen LogP contribution in [0.3, 0.4) is 0 Å². The number of hydrogen-bond donors (Lipinski definition) is 1. The summed E-state index contributed by atoms with van der Waals surface area (Å²) in [6.07, 6.45) is -0.295. The van der Waals surface area contributed by atoms with Crippen LogP contribution in [-0.4, -0.2) is 35.0 Å². The lowest BCUT2D eigenvalue weighted by Gasteiger charge is -2.26. The molecule has 0 radical (unpaired) electrons. The van der Waals surface area contributed by atoms with E-state index in [4.69, 9.17) is 17.3 Å². The van der Waals surface area contributed by atoms with Crippen molar-refractivity contribution in [2.24, 2.45) is 5.73 Å². The van der Waals surface area contributed by atoms with Crippen molar-refractivity contribution in [2.45, 2.75) is 11.3 Å². The van der Waals surface area contributed by atoms with Crippen LogP contribution in [-0.2, 0) is 21.2 Å². The van der Waals surface area contributed by atoms with E-state index in [1.807, 2.05) is 0 Å². The summed E-state index contributed by atoms with van der Waals surface area (Å²) >= 11 is 6.11. The average Bonchev–Trinajstić information content (AvgIpc) is 2.75. The van der Waals surface area contributed by atoms with Gasteiger partial charge in [0, 0.05) is 36.8 Å². The van der Waals surface area contributed by atoms with Crippen LogP contribution in [0.4, 0.5) is 20.2 Å². The quantitative estimate of drug-likeness (QED) is 0.515. The molecular formula is C23H22ClF2N3O3S. The van der Waals surface area contributed by atoms with Crippen molar-refractivity contribution >= 4 is 38.9 Å². The smallest absolute Gasteiger partial charge is 0.264 e. The molecule has 0 spiro atoms. The second-order valence-corrected chi connectivity index (χ2v) is 9.82. The first kappa shape index (κ1) is 24.5. The van der Waals surface area contributed by atoms with Gasteiger partial charge in [-0.25, -0.2) is 17.2 Å². The molecule has 0 aliphatic carbocycles. The van der Waals surface area contributed by atoms with Crippen LogP contribution < -0.4 is 14.9 Å². The highest BCUT2D eigenvalue weighted by Gasteiger charge is 2.29. The normalized spacial score (nSPS) is 11.3. The van der Waals surface area contributed by atoms with Gasteiger partial charge in [0.25, 0.3) is 10.0 Å². The lowest BCUT2D eigenvalue weighted by molar-refractivity contribution is -0.116. The van der Waals surface area contributed by atoms with Gasteiger partial charge in [-0.05, 0) is 54.1 Å². The van der Waals surface area contributed by atoms with E-state index >= 15 is 0 Å². The summed E-state index contributed by atoms with van der Waals surface area (Å²) in [7, 11) is -0.764. The molecular weight excluding hydrogens is 472 g/mol. The van der Waals surface area contributed by atoms with Crippen LogP contribution in [0.25, 0.3) is 0 Å². The maximum Gasteiger partial charge on any atom is 0.264 e. The zero-order valence-electron chi connectivity index (χ0n) is 17.9. The Morgan fingerprint density at radius 2 is 1.64 bits per heavy atom. The van der Waals surface area contributed by atoms with Crippen molar-refractivity contribution in [2.75, 3.05) is 29.8 Å². The van der Waals surface area contributed by atoms with Crippen LogP contribution in [0.15, 0.2) is 65.6 Å². The summed E-state index contributed by atoms with van der Waals surface area (Å²) in [5.41, 5.74) is 5.98. The highest BCUT2D eigenvalue weighted by Crippen LogP contribution is 2.32. The fourth-order valence-electron chi connectivity index (χ4n) is 3.32. The van der Waals surface area contributed by atoms with E-state index in [1.54, 1.807) is 31.1 Å². The fourth-order valence-corrected chi connectivity index (χ4v) is 5.02. The Labute approximate surface area is 196 Å². The Morgan fingerprint density at radius 1 is 1.00 bits per heavy atom. The second-order valence-electron chi connectivity index (χ2n) is 7.52. The minimum absolute atomic E-state index is 0.0381. The number of primary amides is 1. The van der Waals surface area contributed by atoms with Gasteiger partial charge in [0.1, 0.15) is 18.2 Å². The van der Waals surface area contributed by atoms with E-state index in [9.17, 15) is 22.0 Å².